The molecule has 2 aromatic rings. The summed E-state index contributed by atoms with van der Waals surface area (Å²) in [7, 11) is 3.48. The lowest BCUT2D eigenvalue weighted by molar-refractivity contribution is 0.0742. The standard InChI is InChI=1S/C18H21NO2S/c1-13(14-5-9-16(21-3)10-6-14)19(2)18(20)15-7-11-17(22-4)12-8-15/h5-13H,1-4H3. The number of amides is 1. The number of hydrogen-bond donors (Lipinski definition) is 0. The number of rotatable bonds is 5. The van der Waals surface area contributed by atoms with Crippen molar-refractivity contribution in [1.82, 2.24) is 4.90 Å². The van der Waals surface area contributed by atoms with Gasteiger partial charge in [-0.05, 0) is 55.1 Å². The van der Waals surface area contributed by atoms with Gasteiger partial charge in [0.25, 0.3) is 5.91 Å². The molecule has 0 aliphatic rings. The summed E-state index contributed by atoms with van der Waals surface area (Å²) in [6, 6.07) is 15.5. The Bertz CT molecular complexity index is 623. The fraction of sp³-hybridized carbons (Fsp3) is 0.278. The van der Waals surface area contributed by atoms with Crippen molar-refractivity contribution < 1.29 is 9.53 Å². The fourth-order valence-corrected chi connectivity index (χ4v) is 2.63. The zero-order valence-corrected chi connectivity index (χ0v) is 14.2. The average molecular weight is 315 g/mol. The van der Waals surface area contributed by atoms with Gasteiger partial charge in [-0.3, -0.25) is 4.79 Å². The number of ether oxygens (including phenoxy) is 1. The quantitative estimate of drug-likeness (QED) is 0.773. The van der Waals surface area contributed by atoms with Crippen molar-refractivity contribution in [3.8, 4) is 5.75 Å². The summed E-state index contributed by atoms with van der Waals surface area (Å²) >= 11 is 1.67. The van der Waals surface area contributed by atoms with Crippen molar-refractivity contribution in [2.24, 2.45) is 0 Å². The highest BCUT2D eigenvalue weighted by molar-refractivity contribution is 7.98. The van der Waals surface area contributed by atoms with Crippen LogP contribution in [-0.4, -0.2) is 31.2 Å². The second kappa shape index (κ2) is 7.36. The maximum Gasteiger partial charge on any atom is 0.254 e. The maximum atomic E-state index is 12.6. The molecule has 0 aromatic heterocycles. The lowest BCUT2D eigenvalue weighted by atomic mass is 10.1. The van der Waals surface area contributed by atoms with Crippen molar-refractivity contribution in [1.29, 1.82) is 0 Å². The summed E-state index contributed by atoms with van der Waals surface area (Å²) in [5, 5.41) is 0. The van der Waals surface area contributed by atoms with Crippen LogP contribution in [0.25, 0.3) is 0 Å². The number of benzene rings is 2. The van der Waals surface area contributed by atoms with Gasteiger partial charge in [0.15, 0.2) is 0 Å². The predicted octanol–water partition coefficient (Wildman–Crippen LogP) is 4.25. The van der Waals surface area contributed by atoms with Crippen molar-refractivity contribution in [3.05, 3.63) is 59.7 Å². The molecule has 3 nitrogen and oxygen atoms in total. The summed E-state index contributed by atoms with van der Waals surface area (Å²) in [5.41, 5.74) is 1.79. The van der Waals surface area contributed by atoms with E-state index in [2.05, 4.69) is 0 Å². The van der Waals surface area contributed by atoms with E-state index in [4.69, 9.17) is 4.74 Å². The molecule has 22 heavy (non-hydrogen) atoms. The molecule has 1 atom stereocenters. The Hall–Kier alpha value is -1.94. The number of carbonyl (C=O) groups is 1. The summed E-state index contributed by atoms with van der Waals surface area (Å²) < 4.78 is 5.17. The Balaban J connectivity index is 2.13. The van der Waals surface area contributed by atoms with Crippen LogP contribution < -0.4 is 4.74 Å². The number of carbonyl (C=O) groups excluding carboxylic acids is 1. The third-order valence-electron chi connectivity index (χ3n) is 3.84. The number of thioether (sulfide) groups is 1. The van der Waals surface area contributed by atoms with Gasteiger partial charge in [0.1, 0.15) is 5.75 Å². The highest BCUT2D eigenvalue weighted by Crippen LogP contribution is 2.23. The van der Waals surface area contributed by atoms with E-state index in [1.165, 1.54) is 0 Å². The van der Waals surface area contributed by atoms with E-state index >= 15 is 0 Å². The third kappa shape index (κ3) is 3.63. The first-order valence-electron chi connectivity index (χ1n) is 7.12. The van der Waals surface area contributed by atoms with Crippen molar-refractivity contribution >= 4 is 17.7 Å². The Morgan fingerprint density at radius 2 is 1.68 bits per heavy atom. The molecule has 0 saturated heterocycles. The van der Waals surface area contributed by atoms with Gasteiger partial charge < -0.3 is 9.64 Å². The Labute approximate surface area is 136 Å². The lowest BCUT2D eigenvalue weighted by Crippen LogP contribution is -2.29. The molecular formula is C18H21NO2S. The van der Waals surface area contributed by atoms with Crippen molar-refractivity contribution in [2.45, 2.75) is 17.9 Å². The minimum absolute atomic E-state index is 0.00127. The van der Waals surface area contributed by atoms with Crippen molar-refractivity contribution in [2.75, 3.05) is 20.4 Å². The number of methoxy groups -OCH3 is 1. The van der Waals surface area contributed by atoms with Gasteiger partial charge in [-0.25, -0.2) is 0 Å². The van der Waals surface area contributed by atoms with E-state index in [9.17, 15) is 4.79 Å². The Kier molecular flexibility index (Phi) is 5.50. The number of nitrogens with zero attached hydrogens (tertiary/aromatic N) is 1. The van der Waals surface area contributed by atoms with E-state index in [-0.39, 0.29) is 11.9 Å². The van der Waals surface area contributed by atoms with Gasteiger partial charge >= 0.3 is 0 Å². The third-order valence-corrected chi connectivity index (χ3v) is 4.58. The minimum atomic E-state index is -0.00127. The SMILES string of the molecule is COc1ccc(C(C)N(C)C(=O)c2ccc(SC)cc2)cc1. The van der Waals surface area contributed by atoms with Gasteiger partial charge in [0, 0.05) is 17.5 Å². The first-order chi connectivity index (χ1) is 10.6. The first kappa shape index (κ1) is 16.4. The molecule has 0 heterocycles. The molecule has 1 unspecified atom stereocenters. The molecular weight excluding hydrogens is 294 g/mol. The second-order valence-electron chi connectivity index (χ2n) is 5.09. The van der Waals surface area contributed by atoms with Crippen LogP contribution in [0, 0.1) is 0 Å². The van der Waals surface area contributed by atoms with Gasteiger partial charge in [-0.2, -0.15) is 0 Å². The first-order valence-corrected chi connectivity index (χ1v) is 8.34. The van der Waals surface area contributed by atoms with Gasteiger partial charge in [0.05, 0.1) is 13.2 Å². The Morgan fingerprint density at radius 3 is 2.18 bits per heavy atom. The summed E-state index contributed by atoms with van der Waals surface area (Å²) in [6.45, 7) is 2.02. The molecule has 0 fully saturated rings. The molecule has 0 N–H and O–H groups in total. The van der Waals surface area contributed by atoms with Crippen molar-refractivity contribution in [3.63, 3.8) is 0 Å². The van der Waals surface area contributed by atoms with E-state index in [0.29, 0.717) is 5.56 Å². The zero-order chi connectivity index (χ0) is 16.1. The molecule has 116 valence electrons. The lowest BCUT2D eigenvalue weighted by Gasteiger charge is -2.25. The van der Waals surface area contributed by atoms with Crippen LogP contribution in [0.5, 0.6) is 5.75 Å². The summed E-state index contributed by atoms with van der Waals surface area (Å²) in [5.74, 6) is 0.841. The topological polar surface area (TPSA) is 29.5 Å². The highest BCUT2D eigenvalue weighted by atomic mass is 32.2. The van der Waals surface area contributed by atoms with Crippen LogP contribution in [-0.2, 0) is 0 Å². The fourth-order valence-electron chi connectivity index (χ4n) is 2.22. The van der Waals surface area contributed by atoms with Crippen LogP contribution in [0.3, 0.4) is 0 Å². The maximum absolute atomic E-state index is 12.6. The average Bonchev–Trinajstić information content (AvgIpc) is 2.60. The van der Waals surface area contributed by atoms with Crippen LogP contribution in [0.2, 0.25) is 0 Å². The Morgan fingerprint density at radius 1 is 1.09 bits per heavy atom. The smallest absolute Gasteiger partial charge is 0.254 e. The molecule has 1 amide bonds. The molecule has 0 bridgehead atoms. The molecule has 2 aromatic carbocycles. The molecule has 0 spiro atoms. The van der Waals surface area contributed by atoms with Crippen LogP contribution in [0.15, 0.2) is 53.4 Å². The van der Waals surface area contributed by atoms with E-state index < -0.39 is 0 Å². The summed E-state index contributed by atoms with van der Waals surface area (Å²) in [4.78, 5) is 15.5. The monoisotopic (exact) mass is 315 g/mol. The van der Waals surface area contributed by atoms with E-state index in [0.717, 1.165) is 16.2 Å². The van der Waals surface area contributed by atoms with Crippen LogP contribution >= 0.6 is 11.8 Å². The zero-order valence-electron chi connectivity index (χ0n) is 13.4. The minimum Gasteiger partial charge on any atom is -0.497 e. The molecule has 0 aliphatic heterocycles. The largest absolute Gasteiger partial charge is 0.497 e. The highest BCUT2D eigenvalue weighted by Gasteiger charge is 2.18. The predicted molar refractivity (Wildman–Crippen MR) is 91.7 cm³/mol. The normalized spacial score (nSPS) is 11.8. The van der Waals surface area contributed by atoms with Gasteiger partial charge in [-0.15, -0.1) is 11.8 Å². The van der Waals surface area contributed by atoms with Crippen LogP contribution in [0.4, 0.5) is 0 Å². The van der Waals surface area contributed by atoms with Crippen LogP contribution in [0.1, 0.15) is 28.9 Å². The van der Waals surface area contributed by atoms with Gasteiger partial charge in [0.2, 0.25) is 0 Å². The molecule has 4 heteroatoms. The molecule has 2 rings (SSSR count). The number of hydrogen-bond acceptors (Lipinski definition) is 3. The molecule has 0 aliphatic carbocycles. The van der Waals surface area contributed by atoms with E-state index in [1.54, 1.807) is 23.8 Å². The molecule has 0 saturated carbocycles. The second-order valence-corrected chi connectivity index (χ2v) is 5.97. The summed E-state index contributed by atoms with van der Waals surface area (Å²) in [6.07, 6.45) is 2.02. The van der Waals surface area contributed by atoms with Gasteiger partial charge in [-0.1, -0.05) is 12.1 Å². The molecule has 0 radical (unpaired) electrons. The van der Waals surface area contributed by atoms with E-state index in [1.807, 2.05) is 68.8 Å².